The first-order chi connectivity index (χ1) is 11.2. The van der Waals surface area contributed by atoms with Crippen molar-refractivity contribution in [3.63, 3.8) is 0 Å². The Bertz CT molecular complexity index is 1050. The fourth-order valence-electron chi connectivity index (χ4n) is 2.36. The van der Waals surface area contributed by atoms with Crippen LogP contribution in [0.3, 0.4) is 0 Å². The number of benzene rings is 1. The quantitative estimate of drug-likeness (QED) is 0.595. The summed E-state index contributed by atoms with van der Waals surface area (Å²) in [6.07, 6.45) is 3.29. The molecule has 0 fully saturated rings. The van der Waals surface area contributed by atoms with Crippen molar-refractivity contribution < 1.29 is 4.39 Å². The highest BCUT2D eigenvalue weighted by Crippen LogP contribution is 2.22. The molecule has 4 rings (SSSR count). The summed E-state index contributed by atoms with van der Waals surface area (Å²) in [5.41, 5.74) is 2.49. The summed E-state index contributed by atoms with van der Waals surface area (Å²) in [6, 6.07) is 9.44. The largest absolute Gasteiger partial charge is 0.338 e. The van der Waals surface area contributed by atoms with Crippen LogP contribution in [-0.2, 0) is 0 Å². The van der Waals surface area contributed by atoms with Gasteiger partial charge in [-0.3, -0.25) is 9.78 Å². The van der Waals surface area contributed by atoms with Gasteiger partial charge in [0.25, 0.3) is 5.56 Å². The molecule has 0 amide bonds. The molecule has 0 bridgehead atoms. The van der Waals surface area contributed by atoms with Crippen LogP contribution in [0.5, 0.6) is 0 Å². The lowest BCUT2D eigenvalue weighted by Gasteiger charge is -2.01. The van der Waals surface area contributed by atoms with E-state index in [1.807, 2.05) is 0 Å². The molecule has 0 aliphatic heterocycles. The second kappa shape index (κ2) is 5.13. The van der Waals surface area contributed by atoms with Crippen molar-refractivity contribution in [1.82, 2.24) is 25.1 Å². The zero-order chi connectivity index (χ0) is 15.8. The lowest BCUT2D eigenvalue weighted by Crippen LogP contribution is -2.12. The molecule has 4 aromatic rings. The van der Waals surface area contributed by atoms with E-state index in [1.165, 1.54) is 12.1 Å². The summed E-state index contributed by atoms with van der Waals surface area (Å²) in [5, 5.41) is 6.50. The molecule has 23 heavy (non-hydrogen) atoms. The van der Waals surface area contributed by atoms with Gasteiger partial charge in [-0.2, -0.15) is 5.10 Å². The van der Waals surface area contributed by atoms with E-state index in [2.05, 4.69) is 25.1 Å². The molecule has 7 heteroatoms. The van der Waals surface area contributed by atoms with Crippen molar-refractivity contribution in [2.24, 2.45) is 0 Å². The zero-order valence-corrected chi connectivity index (χ0v) is 11.7. The van der Waals surface area contributed by atoms with Gasteiger partial charge in [0, 0.05) is 18.0 Å². The van der Waals surface area contributed by atoms with E-state index < -0.39 is 0 Å². The number of halogens is 1. The number of aromatic amines is 2. The summed E-state index contributed by atoms with van der Waals surface area (Å²) in [5.74, 6) is -0.00151. The fraction of sp³-hybridized carbons (Fsp3) is 0. The summed E-state index contributed by atoms with van der Waals surface area (Å²) >= 11 is 0. The van der Waals surface area contributed by atoms with Gasteiger partial charge in [0.15, 0.2) is 0 Å². The first-order valence-electron chi connectivity index (χ1n) is 6.86. The third-order valence-electron chi connectivity index (χ3n) is 3.48. The molecule has 2 N–H and O–H groups in total. The molecule has 0 atom stereocenters. The van der Waals surface area contributed by atoms with Crippen LogP contribution >= 0.6 is 0 Å². The predicted octanol–water partition coefficient (Wildman–Crippen LogP) is 2.51. The number of hydrogen-bond acceptors (Lipinski definition) is 4. The first kappa shape index (κ1) is 13.3. The molecule has 0 aliphatic rings. The molecule has 0 radical (unpaired) electrons. The minimum atomic E-state index is -0.373. The van der Waals surface area contributed by atoms with Gasteiger partial charge in [-0.15, -0.1) is 0 Å². The average molecular weight is 307 g/mol. The SMILES string of the molecule is O=c1[nH]nc(-c2ccncc2)cc1-c1nc2ccc(F)cc2[nH]1. The molecule has 1 aromatic carbocycles. The van der Waals surface area contributed by atoms with E-state index in [1.54, 1.807) is 36.7 Å². The Morgan fingerprint density at radius 1 is 1.04 bits per heavy atom. The molecule has 112 valence electrons. The average Bonchev–Trinajstić information content (AvgIpc) is 2.99. The molecule has 0 saturated carbocycles. The number of nitrogens with one attached hydrogen (secondary N) is 2. The predicted molar refractivity (Wildman–Crippen MR) is 83.1 cm³/mol. The minimum Gasteiger partial charge on any atom is -0.338 e. The molecular weight excluding hydrogens is 297 g/mol. The Morgan fingerprint density at radius 2 is 1.87 bits per heavy atom. The van der Waals surface area contributed by atoms with Gasteiger partial charge in [-0.25, -0.2) is 14.5 Å². The Hall–Kier alpha value is -3.35. The van der Waals surface area contributed by atoms with Crippen molar-refractivity contribution in [3.8, 4) is 22.6 Å². The molecule has 0 spiro atoms. The highest BCUT2D eigenvalue weighted by Gasteiger charge is 2.12. The van der Waals surface area contributed by atoms with E-state index in [0.717, 1.165) is 5.56 Å². The van der Waals surface area contributed by atoms with E-state index in [0.29, 0.717) is 28.1 Å². The molecule has 0 saturated heterocycles. The van der Waals surface area contributed by atoms with Crippen LogP contribution in [0.15, 0.2) is 53.6 Å². The van der Waals surface area contributed by atoms with Gasteiger partial charge < -0.3 is 4.98 Å². The van der Waals surface area contributed by atoms with Crippen LogP contribution < -0.4 is 5.56 Å². The van der Waals surface area contributed by atoms with Gasteiger partial charge in [0.2, 0.25) is 0 Å². The number of aromatic nitrogens is 5. The maximum atomic E-state index is 13.3. The van der Waals surface area contributed by atoms with Crippen LogP contribution in [0, 0.1) is 5.82 Å². The standard InChI is InChI=1S/C16H10FN5O/c17-10-1-2-12-14(7-10)20-15(19-12)11-8-13(21-22-16(11)23)9-3-5-18-6-4-9/h1-8H,(H,19,20)(H,22,23). The summed E-state index contributed by atoms with van der Waals surface area (Å²) < 4.78 is 13.3. The van der Waals surface area contributed by atoms with Crippen molar-refractivity contribution in [2.75, 3.05) is 0 Å². The van der Waals surface area contributed by atoms with Crippen molar-refractivity contribution >= 4 is 11.0 Å². The smallest absolute Gasteiger partial charge is 0.275 e. The molecular formula is C16H10FN5O. The van der Waals surface area contributed by atoms with Crippen LogP contribution in [-0.4, -0.2) is 25.1 Å². The monoisotopic (exact) mass is 307 g/mol. The Morgan fingerprint density at radius 3 is 2.70 bits per heavy atom. The van der Waals surface area contributed by atoms with Crippen LogP contribution in [0.4, 0.5) is 4.39 Å². The number of rotatable bonds is 2. The Kier molecular flexibility index (Phi) is 2.97. The second-order valence-corrected chi connectivity index (χ2v) is 4.98. The highest BCUT2D eigenvalue weighted by atomic mass is 19.1. The van der Waals surface area contributed by atoms with Crippen LogP contribution in [0.2, 0.25) is 0 Å². The number of nitrogens with zero attached hydrogens (tertiary/aromatic N) is 3. The van der Waals surface area contributed by atoms with E-state index in [9.17, 15) is 9.18 Å². The summed E-state index contributed by atoms with van der Waals surface area (Å²) in [7, 11) is 0. The molecule has 6 nitrogen and oxygen atoms in total. The maximum absolute atomic E-state index is 13.3. The normalized spacial score (nSPS) is 11.0. The van der Waals surface area contributed by atoms with Gasteiger partial charge in [0.05, 0.1) is 22.3 Å². The zero-order valence-electron chi connectivity index (χ0n) is 11.7. The molecule has 3 aromatic heterocycles. The fourth-order valence-corrected chi connectivity index (χ4v) is 2.36. The summed E-state index contributed by atoms with van der Waals surface area (Å²) in [4.78, 5) is 23.3. The lowest BCUT2D eigenvalue weighted by atomic mass is 10.1. The lowest BCUT2D eigenvalue weighted by molar-refractivity contribution is 0.629. The Balaban J connectivity index is 1.88. The van der Waals surface area contributed by atoms with Crippen molar-refractivity contribution in [2.45, 2.75) is 0 Å². The maximum Gasteiger partial charge on any atom is 0.275 e. The van der Waals surface area contributed by atoms with E-state index in [4.69, 9.17) is 0 Å². The number of hydrogen-bond donors (Lipinski definition) is 2. The van der Waals surface area contributed by atoms with Crippen LogP contribution in [0.1, 0.15) is 0 Å². The van der Waals surface area contributed by atoms with Crippen molar-refractivity contribution in [3.05, 3.63) is 65.0 Å². The second-order valence-electron chi connectivity index (χ2n) is 4.98. The van der Waals surface area contributed by atoms with E-state index >= 15 is 0 Å². The summed E-state index contributed by atoms with van der Waals surface area (Å²) in [6.45, 7) is 0. The third kappa shape index (κ3) is 2.38. The van der Waals surface area contributed by atoms with Gasteiger partial charge in [-0.1, -0.05) is 0 Å². The number of H-pyrrole nitrogens is 2. The topological polar surface area (TPSA) is 87.3 Å². The number of fused-ring (bicyclic) bond motifs is 1. The number of imidazole rings is 1. The first-order valence-corrected chi connectivity index (χ1v) is 6.86. The third-order valence-corrected chi connectivity index (χ3v) is 3.48. The molecule has 0 aliphatic carbocycles. The van der Waals surface area contributed by atoms with Crippen LogP contribution in [0.25, 0.3) is 33.7 Å². The highest BCUT2D eigenvalue weighted by molar-refractivity contribution is 5.79. The van der Waals surface area contributed by atoms with E-state index in [-0.39, 0.29) is 11.4 Å². The van der Waals surface area contributed by atoms with Crippen molar-refractivity contribution in [1.29, 1.82) is 0 Å². The minimum absolute atomic E-state index is 0.337. The molecule has 3 heterocycles. The van der Waals surface area contributed by atoms with Gasteiger partial charge in [-0.05, 0) is 36.4 Å². The van der Waals surface area contributed by atoms with Gasteiger partial charge in [0.1, 0.15) is 11.6 Å². The van der Waals surface area contributed by atoms with Gasteiger partial charge >= 0.3 is 0 Å². The Labute approximate surface area is 129 Å². The molecule has 0 unspecified atom stereocenters. The number of pyridine rings is 1.